The standard InChI is InChI=1S/C20H25F2N3O4.C20H25N3O6/c1-11(2)4-5-12-10-15(26)28-18-16(12)17(27)23-19(24-18)29-25-14-8-6-13(7-9-14)20(3,21)22;1-2-3-4-5-13-12-15(24)28-18-16(13)17(25)21-19(22-18)29-23-14-6-8-20(9-7-14)26-10-11-27-20/h10-11,13H,4-9H2,1-3H3,(H,23,24,27);12H,2-11H2,1H3,(H,21,22,25). The minimum absolute atomic E-state index is 0.0294. The topological polar surface area (TPSA) is 214 Å². The number of hydrogen-bond donors (Lipinski definition) is 2. The van der Waals surface area contributed by atoms with Crippen LogP contribution >= 0.6 is 0 Å². The first-order chi connectivity index (χ1) is 27.7. The Bertz CT molecular complexity index is 2350. The van der Waals surface area contributed by atoms with E-state index in [1.54, 1.807) is 0 Å². The number of hydrogen-bond acceptors (Lipinski definition) is 14. The summed E-state index contributed by atoms with van der Waals surface area (Å²) < 4.78 is 48.4. The van der Waals surface area contributed by atoms with Crippen molar-refractivity contribution in [1.82, 2.24) is 19.9 Å². The summed E-state index contributed by atoms with van der Waals surface area (Å²) >= 11 is 0. The summed E-state index contributed by atoms with van der Waals surface area (Å²) in [6.45, 7) is 8.38. The number of aryl methyl sites for hydroxylation is 2. The molecule has 314 valence electrons. The molecule has 5 heterocycles. The van der Waals surface area contributed by atoms with Crippen molar-refractivity contribution in [2.24, 2.45) is 22.1 Å². The molecule has 3 aliphatic rings. The summed E-state index contributed by atoms with van der Waals surface area (Å²) in [5.74, 6) is -3.45. The number of aromatic amines is 2. The van der Waals surface area contributed by atoms with Crippen LogP contribution in [0, 0.1) is 11.8 Å². The highest BCUT2D eigenvalue weighted by Crippen LogP contribution is 2.36. The summed E-state index contributed by atoms with van der Waals surface area (Å²) in [6, 6.07) is 2.37. The second-order valence-corrected chi connectivity index (χ2v) is 15.5. The molecule has 58 heavy (non-hydrogen) atoms. The van der Waals surface area contributed by atoms with Crippen LogP contribution < -0.4 is 32.0 Å². The summed E-state index contributed by atoms with van der Waals surface area (Å²) in [7, 11) is 0. The summed E-state index contributed by atoms with van der Waals surface area (Å²) in [5.41, 5.74) is 0.535. The number of aromatic nitrogens is 4. The highest BCUT2D eigenvalue weighted by molar-refractivity contribution is 5.85. The lowest BCUT2D eigenvalue weighted by atomic mass is 9.84. The van der Waals surface area contributed by atoms with E-state index in [-0.39, 0.29) is 34.2 Å². The Morgan fingerprint density at radius 3 is 1.79 bits per heavy atom. The normalized spacial score (nSPS) is 18.1. The number of nitrogens with one attached hydrogen (secondary N) is 2. The fraction of sp³-hybridized carbons (Fsp3) is 0.600. The number of unbranched alkanes of at least 4 members (excludes halogenated alkanes) is 2. The molecular weight excluding hydrogens is 762 g/mol. The van der Waals surface area contributed by atoms with E-state index in [1.165, 1.54) is 12.1 Å². The fourth-order valence-corrected chi connectivity index (χ4v) is 7.31. The largest absolute Gasteiger partial charge is 0.403 e. The van der Waals surface area contributed by atoms with Crippen molar-refractivity contribution < 1.29 is 36.8 Å². The number of alkyl halides is 2. The van der Waals surface area contributed by atoms with E-state index in [4.69, 9.17) is 28.0 Å². The van der Waals surface area contributed by atoms with Gasteiger partial charge in [-0.25, -0.2) is 18.4 Å². The molecule has 2 saturated carbocycles. The van der Waals surface area contributed by atoms with Crippen molar-refractivity contribution in [3.63, 3.8) is 0 Å². The van der Waals surface area contributed by atoms with Gasteiger partial charge in [-0.3, -0.25) is 19.6 Å². The Morgan fingerprint density at radius 1 is 0.810 bits per heavy atom. The molecule has 2 aliphatic carbocycles. The van der Waals surface area contributed by atoms with E-state index >= 15 is 0 Å². The molecule has 1 aliphatic heterocycles. The highest BCUT2D eigenvalue weighted by atomic mass is 19.3. The monoisotopic (exact) mass is 812 g/mol. The van der Waals surface area contributed by atoms with Gasteiger partial charge in [0, 0.05) is 30.9 Å². The zero-order chi connectivity index (χ0) is 41.5. The van der Waals surface area contributed by atoms with Gasteiger partial charge in [0.25, 0.3) is 11.1 Å². The van der Waals surface area contributed by atoms with Gasteiger partial charge >= 0.3 is 23.3 Å². The lowest BCUT2D eigenvalue weighted by Gasteiger charge is -2.31. The second kappa shape index (κ2) is 18.7. The van der Waals surface area contributed by atoms with Crippen molar-refractivity contribution in [2.75, 3.05) is 13.2 Å². The average Bonchev–Trinajstić information content (AvgIpc) is 3.63. The van der Waals surface area contributed by atoms with Gasteiger partial charge in [0.05, 0.1) is 24.6 Å². The van der Waals surface area contributed by atoms with Crippen LogP contribution in [0.5, 0.6) is 12.0 Å². The maximum absolute atomic E-state index is 13.4. The SMILES string of the molecule is CC(C)CCc1cc(=O)oc2nc(ON=C3CCC(C(C)(F)F)CC3)[nH]c(=O)c12.CCCCCc1cc(=O)oc2nc(ON=C3CCC4(CC3)OCCO4)[nH]c(=O)c12. The molecule has 2 N–H and O–H groups in total. The van der Waals surface area contributed by atoms with Crippen molar-refractivity contribution >= 4 is 33.6 Å². The molecule has 0 amide bonds. The van der Waals surface area contributed by atoms with E-state index in [1.807, 2.05) is 0 Å². The van der Waals surface area contributed by atoms with Crippen LogP contribution in [0.15, 0.2) is 50.5 Å². The third kappa shape index (κ3) is 10.9. The molecule has 0 atom stereocenters. The van der Waals surface area contributed by atoms with Crippen LogP contribution in [-0.2, 0) is 22.3 Å². The van der Waals surface area contributed by atoms with Gasteiger partial charge < -0.3 is 28.0 Å². The highest BCUT2D eigenvalue weighted by Gasteiger charge is 2.39. The van der Waals surface area contributed by atoms with Gasteiger partial charge in [-0.1, -0.05) is 43.9 Å². The van der Waals surface area contributed by atoms with Crippen LogP contribution in [0.3, 0.4) is 0 Å². The maximum atomic E-state index is 13.4. The maximum Gasteiger partial charge on any atom is 0.337 e. The molecule has 1 saturated heterocycles. The predicted octanol–water partition coefficient (Wildman–Crippen LogP) is 6.71. The molecule has 4 aromatic rings. The molecule has 16 nitrogen and oxygen atoms in total. The Balaban J connectivity index is 0.000000196. The molecule has 0 radical (unpaired) electrons. The molecule has 0 bridgehead atoms. The second-order valence-electron chi connectivity index (χ2n) is 15.5. The number of rotatable bonds is 12. The van der Waals surface area contributed by atoms with Crippen LogP contribution in [0.25, 0.3) is 22.2 Å². The molecular formula is C40H50F2N6O10. The van der Waals surface area contributed by atoms with Crippen LogP contribution in [0.2, 0.25) is 0 Å². The molecule has 7 rings (SSSR count). The van der Waals surface area contributed by atoms with Crippen molar-refractivity contribution in [3.8, 4) is 12.0 Å². The quantitative estimate of drug-likeness (QED) is 0.113. The Labute approximate surface area is 331 Å². The van der Waals surface area contributed by atoms with Gasteiger partial charge in [0.15, 0.2) is 5.79 Å². The average molecular weight is 813 g/mol. The first-order valence-corrected chi connectivity index (χ1v) is 20.0. The number of fused-ring (bicyclic) bond motifs is 2. The van der Waals surface area contributed by atoms with E-state index < -0.39 is 40.0 Å². The first-order valence-electron chi connectivity index (χ1n) is 20.0. The smallest absolute Gasteiger partial charge is 0.337 e. The number of oxime groups is 2. The van der Waals surface area contributed by atoms with Gasteiger partial charge in [-0.15, -0.1) is 0 Å². The number of halogens is 2. The fourth-order valence-electron chi connectivity index (χ4n) is 7.31. The van der Waals surface area contributed by atoms with E-state index in [9.17, 15) is 28.0 Å². The van der Waals surface area contributed by atoms with Crippen LogP contribution in [0.1, 0.15) is 116 Å². The van der Waals surface area contributed by atoms with Gasteiger partial charge in [0.1, 0.15) is 10.8 Å². The van der Waals surface area contributed by atoms with Crippen molar-refractivity contribution in [1.29, 1.82) is 0 Å². The molecule has 3 fully saturated rings. The Hall–Kier alpha value is -5.10. The lowest BCUT2D eigenvalue weighted by Crippen LogP contribution is -2.35. The Kier molecular flexibility index (Phi) is 13.7. The zero-order valence-electron chi connectivity index (χ0n) is 33.3. The molecule has 18 heteroatoms. The van der Waals surface area contributed by atoms with Crippen LogP contribution in [-0.4, -0.2) is 56.3 Å². The number of ether oxygens (including phenoxy) is 2. The van der Waals surface area contributed by atoms with Gasteiger partial charge in [-0.05, 0) is 88.2 Å². The lowest BCUT2D eigenvalue weighted by molar-refractivity contribution is -0.167. The van der Waals surface area contributed by atoms with E-state index in [0.717, 1.165) is 38.3 Å². The van der Waals surface area contributed by atoms with Crippen molar-refractivity contribution in [2.45, 2.75) is 129 Å². The minimum atomic E-state index is -2.71. The Morgan fingerprint density at radius 2 is 1.31 bits per heavy atom. The molecule has 0 aromatic carbocycles. The molecule has 0 unspecified atom stereocenters. The summed E-state index contributed by atoms with van der Waals surface area (Å²) in [6.07, 6.45) is 9.13. The van der Waals surface area contributed by atoms with Crippen LogP contribution in [0.4, 0.5) is 8.78 Å². The molecule has 1 spiro atoms. The third-order valence-corrected chi connectivity index (χ3v) is 10.6. The van der Waals surface area contributed by atoms with E-state index in [2.05, 4.69) is 51.0 Å². The number of H-pyrrole nitrogens is 2. The predicted molar refractivity (Wildman–Crippen MR) is 210 cm³/mol. The third-order valence-electron chi connectivity index (χ3n) is 10.6. The van der Waals surface area contributed by atoms with Gasteiger partial charge in [0.2, 0.25) is 17.3 Å². The number of nitrogens with zero attached hydrogens (tertiary/aromatic N) is 4. The van der Waals surface area contributed by atoms with Crippen molar-refractivity contribution in [3.05, 3.63) is 64.8 Å². The first kappa shape index (κ1) is 42.5. The summed E-state index contributed by atoms with van der Waals surface area (Å²) in [4.78, 5) is 72.6. The zero-order valence-corrected chi connectivity index (χ0v) is 33.3. The van der Waals surface area contributed by atoms with Gasteiger partial charge in [-0.2, -0.15) is 9.97 Å². The molecule has 4 aromatic heterocycles. The van der Waals surface area contributed by atoms with E-state index in [0.29, 0.717) is 100 Å². The summed E-state index contributed by atoms with van der Waals surface area (Å²) in [5, 5.41) is 8.56. The minimum Gasteiger partial charge on any atom is -0.403 e.